The summed E-state index contributed by atoms with van der Waals surface area (Å²) in [4.78, 5) is 0.361. The largest absolute Gasteiger partial charge is 0.497 e. The molecule has 116 valence electrons. The van der Waals surface area contributed by atoms with Crippen molar-refractivity contribution < 1.29 is 4.74 Å². The van der Waals surface area contributed by atoms with E-state index in [-0.39, 0.29) is 0 Å². The Morgan fingerprint density at radius 1 is 1.13 bits per heavy atom. The molecule has 1 heterocycles. The molecule has 0 radical (unpaired) electrons. The zero-order valence-electron chi connectivity index (χ0n) is 12.4. The molecule has 0 aliphatic heterocycles. The van der Waals surface area contributed by atoms with Crippen LogP contribution in [0.5, 0.6) is 5.75 Å². The summed E-state index contributed by atoms with van der Waals surface area (Å²) in [5.41, 5.74) is 2.77. The van der Waals surface area contributed by atoms with Gasteiger partial charge in [-0.3, -0.25) is 5.41 Å². The molecule has 0 fully saturated rings. The van der Waals surface area contributed by atoms with Crippen LogP contribution in [0.1, 0.15) is 5.56 Å². The van der Waals surface area contributed by atoms with Gasteiger partial charge in [0.1, 0.15) is 5.75 Å². The van der Waals surface area contributed by atoms with Crippen LogP contribution in [0.25, 0.3) is 11.3 Å². The van der Waals surface area contributed by atoms with Crippen LogP contribution in [0.4, 0.5) is 0 Å². The molecule has 1 aromatic heterocycles. The van der Waals surface area contributed by atoms with Gasteiger partial charge in [-0.2, -0.15) is 5.10 Å². The molecule has 23 heavy (non-hydrogen) atoms. The average molecular weight is 344 g/mol. The second-order valence-electron chi connectivity index (χ2n) is 4.76. The molecule has 3 aromatic rings. The van der Waals surface area contributed by atoms with Crippen LogP contribution in [0.3, 0.4) is 0 Å². The maximum Gasteiger partial charge on any atom is 0.203 e. The third-order valence-electron chi connectivity index (χ3n) is 3.28. The van der Waals surface area contributed by atoms with E-state index in [2.05, 4.69) is 5.10 Å². The lowest BCUT2D eigenvalue weighted by atomic mass is 10.2. The summed E-state index contributed by atoms with van der Waals surface area (Å²) in [6, 6.07) is 15.1. The Morgan fingerprint density at radius 2 is 1.83 bits per heavy atom. The molecule has 6 heteroatoms. The zero-order valence-corrected chi connectivity index (χ0v) is 13.9. The summed E-state index contributed by atoms with van der Waals surface area (Å²) in [5, 5.41) is 15.1. The summed E-state index contributed by atoms with van der Waals surface area (Å²) < 4.78 is 6.75. The first-order valence-corrected chi connectivity index (χ1v) is 8.12. The van der Waals surface area contributed by atoms with Crippen LogP contribution in [0, 0.1) is 5.41 Å². The van der Waals surface area contributed by atoms with E-state index < -0.39 is 0 Å². The summed E-state index contributed by atoms with van der Waals surface area (Å²) in [7, 11) is 1.63. The summed E-state index contributed by atoms with van der Waals surface area (Å²) in [5.74, 6) is 0.799. The first-order valence-electron chi connectivity index (χ1n) is 6.87. The van der Waals surface area contributed by atoms with E-state index in [1.54, 1.807) is 18.0 Å². The first kappa shape index (κ1) is 15.5. The average Bonchev–Trinajstić information content (AvgIpc) is 2.95. The molecule has 0 aliphatic carbocycles. The minimum Gasteiger partial charge on any atom is -0.497 e. The highest BCUT2D eigenvalue weighted by atomic mass is 35.5. The van der Waals surface area contributed by atoms with Crippen LogP contribution in [0.15, 0.2) is 59.0 Å². The number of thiazole rings is 1. The number of halogens is 1. The normalized spacial score (nSPS) is 11.0. The number of rotatable bonds is 4. The van der Waals surface area contributed by atoms with Crippen LogP contribution < -0.4 is 9.54 Å². The van der Waals surface area contributed by atoms with E-state index in [0.29, 0.717) is 9.82 Å². The topological polar surface area (TPSA) is 50.4 Å². The van der Waals surface area contributed by atoms with Gasteiger partial charge in [-0.15, -0.1) is 11.3 Å². The van der Waals surface area contributed by atoms with Crippen molar-refractivity contribution >= 4 is 29.2 Å². The van der Waals surface area contributed by atoms with Crippen molar-refractivity contribution in [2.24, 2.45) is 5.10 Å². The number of benzene rings is 2. The molecule has 1 N–H and O–H groups in total. The highest BCUT2D eigenvalue weighted by Crippen LogP contribution is 2.22. The number of hydrogen-bond acceptors (Lipinski definition) is 4. The second-order valence-corrected chi connectivity index (χ2v) is 6.06. The standard InChI is InChI=1S/C17H14ClN3OS/c1-22-15-8-2-12(3-9-15)10-20-21-16(11-23-17(21)19)13-4-6-14(18)7-5-13/h2-11,19H,1H3/b19-17?,20-10-. The molecule has 0 amide bonds. The third kappa shape index (κ3) is 3.52. The number of nitrogens with zero attached hydrogens (tertiary/aromatic N) is 2. The van der Waals surface area contributed by atoms with Crippen molar-refractivity contribution in [2.75, 3.05) is 7.11 Å². The van der Waals surface area contributed by atoms with Gasteiger partial charge >= 0.3 is 0 Å². The minimum absolute atomic E-state index is 0.361. The molecule has 3 rings (SSSR count). The van der Waals surface area contributed by atoms with Crippen LogP contribution in [-0.4, -0.2) is 18.0 Å². The lowest BCUT2D eigenvalue weighted by Crippen LogP contribution is -2.09. The van der Waals surface area contributed by atoms with E-state index in [9.17, 15) is 0 Å². The number of aromatic nitrogens is 1. The van der Waals surface area contributed by atoms with Crippen LogP contribution in [-0.2, 0) is 0 Å². The smallest absolute Gasteiger partial charge is 0.203 e. The van der Waals surface area contributed by atoms with E-state index in [1.807, 2.05) is 53.9 Å². The van der Waals surface area contributed by atoms with Crippen molar-refractivity contribution in [3.63, 3.8) is 0 Å². The van der Waals surface area contributed by atoms with Crippen molar-refractivity contribution in [1.82, 2.24) is 4.68 Å². The Kier molecular flexibility index (Phi) is 4.60. The molecule has 0 saturated heterocycles. The monoisotopic (exact) mass is 343 g/mol. The van der Waals surface area contributed by atoms with Gasteiger partial charge in [0.25, 0.3) is 0 Å². The van der Waals surface area contributed by atoms with Gasteiger partial charge in [0.05, 0.1) is 19.0 Å². The number of methoxy groups -OCH3 is 1. The fraction of sp³-hybridized carbons (Fsp3) is 0.0588. The number of nitrogens with one attached hydrogen (secondary N) is 1. The number of hydrogen-bond donors (Lipinski definition) is 1. The Labute approximate surface area is 142 Å². The Bertz CT molecular complexity index is 879. The molecule has 0 bridgehead atoms. The van der Waals surface area contributed by atoms with E-state index >= 15 is 0 Å². The predicted molar refractivity (Wildman–Crippen MR) is 94.6 cm³/mol. The van der Waals surface area contributed by atoms with Gasteiger partial charge in [-0.25, -0.2) is 4.68 Å². The van der Waals surface area contributed by atoms with Gasteiger partial charge in [0.15, 0.2) is 0 Å². The van der Waals surface area contributed by atoms with Gasteiger partial charge in [-0.05, 0) is 42.0 Å². The molecule has 0 saturated carbocycles. The maximum absolute atomic E-state index is 8.03. The van der Waals surface area contributed by atoms with Crippen molar-refractivity contribution in [1.29, 1.82) is 5.41 Å². The highest BCUT2D eigenvalue weighted by molar-refractivity contribution is 7.07. The third-order valence-corrected chi connectivity index (χ3v) is 4.27. The Balaban J connectivity index is 1.93. The minimum atomic E-state index is 0.361. The SMILES string of the molecule is COc1ccc(/C=N\n2c(-c3ccc(Cl)cc3)csc2=N)cc1. The van der Waals surface area contributed by atoms with Gasteiger partial charge in [-0.1, -0.05) is 23.7 Å². The molecule has 0 atom stereocenters. The Morgan fingerprint density at radius 3 is 2.48 bits per heavy atom. The highest BCUT2D eigenvalue weighted by Gasteiger charge is 2.06. The molecule has 4 nitrogen and oxygen atoms in total. The summed E-state index contributed by atoms with van der Waals surface area (Å²) in [6.07, 6.45) is 1.73. The lowest BCUT2D eigenvalue weighted by molar-refractivity contribution is 0.415. The van der Waals surface area contributed by atoms with Crippen molar-refractivity contribution in [2.45, 2.75) is 0 Å². The van der Waals surface area contributed by atoms with Gasteiger partial charge in [0.2, 0.25) is 4.80 Å². The van der Waals surface area contributed by atoms with Crippen molar-refractivity contribution in [3.05, 3.63) is 69.3 Å². The van der Waals surface area contributed by atoms with Gasteiger partial charge < -0.3 is 4.74 Å². The van der Waals surface area contributed by atoms with Crippen LogP contribution in [0.2, 0.25) is 5.02 Å². The summed E-state index contributed by atoms with van der Waals surface area (Å²) in [6.45, 7) is 0. The summed E-state index contributed by atoms with van der Waals surface area (Å²) >= 11 is 7.26. The molecule has 0 aliphatic rings. The Hall–Kier alpha value is -2.37. The first-order chi connectivity index (χ1) is 11.2. The fourth-order valence-electron chi connectivity index (χ4n) is 2.06. The quantitative estimate of drug-likeness (QED) is 0.708. The molecule has 2 aromatic carbocycles. The van der Waals surface area contributed by atoms with Crippen LogP contribution >= 0.6 is 22.9 Å². The second kappa shape index (κ2) is 6.81. The lowest BCUT2D eigenvalue weighted by Gasteiger charge is -2.03. The molecular weight excluding hydrogens is 330 g/mol. The van der Waals surface area contributed by atoms with Gasteiger partial charge in [0, 0.05) is 16.0 Å². The zero-order chi connectivity index (χ0) is 16.2. The molecule has 0 spiro atoms. The predicted octanol–water partition coefficient (Wildman–Crippen LogP) is 4.24. The van der Waals surface area contributed by atoms with E-state index in [4.69, 9.17) is 21.7 Å². The van der Waals surface area contributed by atoms with E-state index in [0.717, 1.165) is 22.6 Å². The number of ether oxygens (including phenoxy) is 1. The molecule has 0 unspecified atom stereocenters. The maximum atomic E-state index is 8.03. The molecular formula is C17H14ClN3OS. The van der Waals surface area contributed by atoms with Crippen molar-refractivity contribution in [3.8, 4) is 17.0 Å². The van der Waals surface area contributed by atoms with E-state index in [1.165, 1.54) is 11.3 Å². The fourth-order valence-corrected chi connectivity index (χ4v) is 2.89.